The van der Waals surface area contributed by atoms with Crippen molar-refractivity contribution in [1.29, 1.82) is 0 Å². The third-order valence-corrected chi connectivity index (χ3v) is 3.71. The topological polar surface area (TPSA) is 52.3 Å². The number of hydrogen-bond acceptors (Lipinski definition) is 3. The zero-order valence-corrected chi connectivity index (χ0v) is 12.0. The maximum absolute atomic E-state index is 13.5. The molecular weight excluding hydrogens is 325 g/mol. The van der Waals surface area contributed by atoms with Crippen LogP contribution in [0.4, 0.5) is 10.1 Å². The van der Waals surface area contributed by atoms with E-state index in [1.807, 2.05) is 6.07 Å². The molecule has 3 rings (SSSR count). The predicted octanol–water partition coefficient (Wildman–Crippen LogP) is 3.34. The van der Waals surface area contributed by atoms with Crippen LogP contribution in [0.5, 0.6) is 5.75 Å². The highest BCUT2D eigenvalue weighted by atomic mass is 79.9. The van der Waals surface area contributed by atoms with Crippen molar-refractivity contribution in [2.24, 2.45) is 0 Å². The number of rotatable bonds is 2. The molecule has 1 heterocycles. The fourth-order valence-electron chi connectivity index (χ4n) is 2.26. The van der Waals surface area contributed by atoms with Crippen molar-refractivity contribution >= 4 is 27.4 Å². The molecule has 2 aromatic rings. The van der Waals surface area contributed by atoms with Crippen LogP contribution in [0.2, 0.25) is 0 Å². The molecule has 0 spiro atoms. The summed E-state index contributed by atoms with van der Waals surface area (Å²) in [6.45, 7) is 0.558. The fraction of sp³-hybridized carbons (Fsp3) is 0.133. The van der Waals surface area contributed by atoms with Crippen LogP contribution in [0.25, 0.3) is 0 Å². The quantitative estimate of drug-likeness (QED) is 0.676. The van der Waals surface area contributed by atoms with Gasteiger partial charge in [-0.2, -0.15) is 0 Å². The number of carbonyl (C=O) groups is 1. The average Bonchev–Trinajstić information content (AvgIpc) is 2.88. The molecule has 1 aliphatic heterocycles. The largest absolute Gasteiger partial charge is 0.492 e. The highest BCUT2D eigenvalue weighted by Gasteiger charge is 2.23. The summed E-state index contributed by atoms with van der Waals surface area (Å²) in [5.74, 6) is -0.276. The van der Waals surface area contributed by atoms with Crippen LogP contribution in [0.3, 0.4) is 0 Å². The van der Waals surface area contributed by atoms with Crippen molar-refractivity contribution in [3.8, 4) is 5.75 Å². The second-order valence-corrected chi connectivity index (χ2v) is 5.52. The lowest BCUT2D eigenvalue weighted by atomic mass is 9.99. The summed E-state index contributed by atoms with van der Waals surface area (Å²) >= 11 is 3.38. The van der Waals surface area contributed by atoms with E-state index >= 15 is 0 Å². The molecule has 0 saturated heterocycles. The maximum Gasteiger partial charge on any atom is 0.196 e. The molecule has 0 atom stereocenters. The fourth-order valence-corrected chi connectivity index (χ4v) is 2.77. The SMILES string of the molecule is Nc1ccc(C(=O)c2cc(Br)cc3c2OCC3)cc1F. The monoisotopic (exact) mass is 335 g/mol. The van der Waals surface area contributed by atoms with Crippen LogP contribution < -0.4 is 10.5 Å². The van der Waals surface area contributed by atoms with Crippen molar-refractivity contribution < 1.29 is 13.9 Å². The second kappa shape index (κ2) is 4.90. The minimum absolute atomic E-state index is 0.0253. The average molecular weight is 336 g/mol. The molecule has 0 fully saturated rings. The van der Waals surface area contributed by atoms with Crippen LogP contribution in [0.1, 0.15) is 21.5 Å². The van der Waals surface area contributed by atoms with Gasteiger partial charge >= 0.3 is 0 Å². The van der Waals surface area contributed by atoms with Gasteiger partial charge in [0.1, 0.15) is 11.6 Å². The second-order valence-electron chi connectivity index (χ2n) is 4.61. The Bertz CT molecular complexity index is 715. The number of benzene rings is 2. The molecule has 0 amide bonds. The Balaban J connectivity index is 2.09. The van der Waals surface area contributed by atoms with E-state index < -0.39 is 5.82 Å². The summed E-state index contributed by atoms with van der Waals surface area (Å²) in [6.07, 6.45) is 0.769. The lowest BCUT2D eigenvalue weighted by Crippen LogP contribution is -2.05. The van der Waals surface area contributed by atoms with Crippen LogP contribution in [-0.4, -0.2) is 12.4 Å². The Morgan fingerprint density at radius 1 is 1.30 bits per heavy atom. The van der Waals surface area contributed by atoms with Gasteiger partial charge in [-0.15, -0.1) is 0 Å². The third-order valence-electron chi connectivity index (χ3n) is 3.26. The summed E-state index contributed by atoms with van der Waals surface area (Å²) in [5.41, 5.74) is 7.13. The molecule has 0 unspecified atom stereocenters. The Kier molecular flexibility index (Phi) is 3.22. The Morgan fingerprint density at radius 3 is 2.85 bits per heavy atom. The van der Waals surface area contributed by atoms with E-state index in [2.05, 4.69) is 15.9 Å². The minimum Gasteiger partial charge on any atom is -0.492 e. The summed E-state index contributed by atoms with van der Waals surface area (Å²) in [6, 6.07) is 7.69. The lowest BCUT2D eigenvalue weighted by Gasteiger charge is -2.09. The number of ether oxygens (including phenoxy) is 1. The summed E-state index contributed by atoms with van der Waals surface area (Å²) in [4.78, 5) is 12.5. The van der Waals surface area contributed by atoms with Gasteiger partial charge in [0.2, 0.25) is 0 Å². The lowest BCUT2D eigenvalue weighted by molar-refractivity contribution is 0.103. The number of ketones is 1. The summed E-state index contributed by atoms with van der Waals surface area (Å²) in [5, 5.41) is 0. The van der Waals surface area contributed by atoms with Crippen molar-refractivity contribution in [2.75, 3.05) is 12.3 Å². The molecule has 1 aliphatic rings. The molecule has 0 aliphatic carbocycles. The highest BCUT2D eigenvalue weighted by Crippen LogP contribution is 2.34. The van der Waals surface area contributed by atoms with Crippen LogP contribution >= 0.6 is 15.9 Å². The van der Waals surface area contributed by atoms with E-state index in [0.717, 1.165) is 22.5 Å². The molecular formula is C15H11BrFNO2. The minimum atomic E-state index is -0.594. The zero-order chi connectivity index (χ0) is 14.3. The predicted molar refractivity (Wildman–Crippen MR) is 77.6 cm³/mol. The first-order valence-electron chi connectivity index (χ1n) is 6.11. The first kappa shape index (κ1) is 13.1. The van der Waals surface area contributed by atoms with Gasteiger partial charge in [0.15, 0.2) is 5.78 Å². The first-order chi connectivity index (χ1) is 9.56. The van der Waals surface area contributed by atoms with Crippen molar-refractivity contribution in [3.05, 3.63) is 57.3 Å². The number of carbonyl (C=O) groups excluding carboxylic acids is 1. The van der Waals surface area contributed by atoms with E-state index in [-0.39, 0.29) is 17.0 Å². The van der Waals surface area contributed by atoms with E-state index in [1.165, 1.54) is 12.1 Å². The van der Waals surface area contributed by atoms with Gasteiger partial charge in [0.25, 0.3) is 0 Å². The zero-order valence-electron chi connectivity index (χ0n) is 10.5. The van der Waals surface area contributed by atoms with E-state index in [9.17, 15) is 9.18 Å². The van der Waals surface area contributed by atoms with Crippen LogP contribution in [0, 0.1) is 5.82 Å². The van der Waals surface area contributed by atoms with Crippen molar-refractivity contribution in [2.45, 2.75) is 6.42 Å². The van der Waals surface area contributed by atoms with Crippen molar-refractivity contribution in [1.82, 2.24) is 0 Å². The molecule has 20 heavy (non-hydrogen) atoms. The molecule has 0 bridgehead atoms. The number of nitrogen functional groups attached to an aromatic ring is 1. The van der Waals surface area contributed by atoms with Gasteiger partial charge in [0.05, 0.1) is 17.9 Å². The molecule has 102 valence electrons. The molecule has 3 nitrogen and oxygen atoms in total. The number of hydrogen-bond donors (Lipinski definition) is 1. The van der Waals surface area contributed by atoms with Gasteiger partial charge in [-0.1, -0.05) is 15.9 Å². The molecule has 5 heteroatoms. The summed E-state index contributed by atoms with van der Waals surface area (Å²) < 4.78 is 19.8. The van der Waals surface area contributed by atoms with Gasteiger partial charge in [-0.3, -0.25) is 4.79 Å². The number of anilines is 1. The molecule has 2 aromatic carbocycles. The molecule has 0 radical (unpaired) electrons. The standard InChI is InChI=1S/C15H11BrFNO2/c16-10-5-9-3-4-20-15(9)11(7-10)14(19)8-1-2-13(18)12(17)6-8/h1-2,5-7H,3-4,18H2. The molecule has 0 saturated carbocycles. The van der Waals surface area contributed by atoms with Gasteiger partial charge in [-0.25, -0.2) is 4.39 Å². The van der Waals surface area contributed by atoms with Crippen molar-refractivity contribution in [3.63, 3.8) is 0 Å². The maximum atomic E-state index is 13.5. The van der Waals surface area contributed by atoms with E-state index in [1.54, 1.807) is 6.07 Å². The first-order valence-corrected chi connectivity index (χ1v) is 6.90. The Morgan fingerprint density at radius 2 is 2.10 bits per heavy atom. The van der Waals surface area contributed by atoms with Gasteiger partial charge in [-0.05, 0) is 35.9 Å². The normalized spacial score (nSPS) is 12.9. The van der Waals surface area contributed by atoms with Crippen LogP contribution in [-0.2, 0) is 6.42 Å². The number of fused-ring (bicyclic) bond motifs is 1. The smallest absolute Gasteiger partial charge is 0.196 e. The molecule has 2 N–H and O–H groups in total. The van der Waals surface area contributed by atoms with E-state index in [0.29, 0.717) is 17.9 Å². The van der Waals surface area contributed by atoms with E-state index in [4.69, 9.17) is 10.5 Å². The number of nitrogens with two attached hydrogens (primary N) is 1. The highest BCUT2D eigenvalue weighted by molar-refractivity contribution is 9.10. The Hall–Kier alpha value is -1.88. The van der Waals surface area contributed by atoms with Gasteiger partial charge in [0, 0.05) is 16.5 Å². The van der Waals surface area contributed by atoms with Gasteiger partial charge < -0.3 is 10.5 Å². The Labute approximate surface area is 123 Å². The molecule has 0 aromatic heterocycles. The number of halogens is 2. The van der Waals surface area contributed by atoms with Crippen LogP contribution in [0.15, 0.2) is 34.8 Å². The third kappa shape index (κ3) is 2.18. The summed E-state index contributed by atoms with van der Waals surface area (Å²) in [7, 11) is 0.